The molecule has 1 saturated carbocycles. The lowest BCUT2D eigenvalue weighted by atomic mass is 9.83. The van der Waals surface area contributed by atoms with Gasteiger partial charge in [0.2, 0.25) is 0 Å². The van der Waals surface area contributed by atoms with Crippen molar-refractivity contribution in [1.82, 2.24) is 15.0 Å². The largest absolute Gasteiger partial charge is 0.457 e. The molecule has 0 atom stereocenters. The standard InChI is InChI=1S/C28H28N4O3/c1-18(33)15-19-7-11-21(12-8-19)32-28-25-24(16-29-27(25)30-17-31-28)26(34)20-9-13-23(14-10-20)35-22-5-3-2-4-6-22/h2-6,9-10,13-14,16-17,19,21H,7-8,11-12,15H2,1H3,(H2,29,30,31,32). The van der Waals surface area contributed by atoms with Crippen molar-refractivity contribution in [3.05, 3.63) is 78.2 Å². The Kier molecular flexibility index (Phi) is 6.57. The summed E-state index contributed by atoms with van der Waals surface area (Å²) >= 11 is 0. The molecule has 7 heteroatoms. The number of carbonyl (C=O) groups is 2. The number of hydrogen-bond acceptors (Lipinski definition) is 6. The minimum atomic E-state index is -0.106. The first-order valence-electron chi connectivity index (χ1n) is 12.0. The quantitative estimate of drug-likeness (QED) is 0.311. The predicted octanol–water partition coefficient (Wildman–Crippen LogP) is 5.93. The van der Waals surface area contributed by atoms with E-state index in [1.165, 1.54) is 6.33 Å². The number of nitrogens with one attached hydrogen (secondary N) is 2. The monoisotopic (exact) mass is 468 g/mol. The van der Waals surface area contributed by atoms with E-state index in [2.05, 4.69) is 20.3 Å². The zero-order chi connectivity index (χ0) is 24.2. The van der Waals surface area contributed by atoms with Crippen molar-refractivity contribution < 1.29 is 14.3 Å². The lowest BCUT2D eigenvalue weighted by Gasteiger charge is -2.29. The number of nitrogens with zero attached hydrogens (tertiary/aromatic N) is 2. The molecule has 0 bridgehead atoms. The minimum Gasteiger partial charge on any atom is -0.457 e. The molecule has 35 heavy (non-hydrogen) atoms. The van der Waals surface area contributed by atoms with E-state index < -0.39 is 0 Å². The molecule has 0 aliphatic heterocycles. The van der Waals surface area contributed by atoms with E-state index in [1.54, 1.807) is 37.4 Å². The molecule has 178 valence electrons. The summed E-state index contributed by atoms with van der Waals surface area (Å²) in [6.07, 6.45) is 7.84. The molecule has 0 saturated heterocycles. The van der Waals surface area contributed by atoms with Gasteiger partial charge in [0.25, 0.3) is 0 Å². The molecule has 7 nitrogen and oxygen atoms in total. The zero-order valence-corrected chi connectivity index (χ0v) is 19.7. The van der Waals surface area contributed by atoms with Gasteiger partial charge in [0.05, 0.1) is 10.9 Å². The SMILES string of the molecule is CC(=O)CC1CCC(Nc2ncnc3[nH]cc(C(=O)c4ccc(Oc5ccccc5)cc4)c23)CC1. The van der Waals surface area contributed by atoms with Crippen LogP contribution < -0.4 is 10.1 Å². The molecule has 2 heterocycles. The Morgan fingerprint density at radius 2 is 1.69 bits per heavy atom. The number of fused-ring (bicyclic) bond motifs is 1. The van der Waals surface area contributed by atoms with Gasteiger partial charge in [-0.25, -0.2) is 9.97 Å². The average molecular weight is 469 g/mol. The number of Topliss-reactive ketones (excluding diaryl/α,β-unsaturated/α-hetero) is 1. The van der Waals surface area contributed by atoms with Crippen LogP contribution in [0.2, 0.25) is 0 Å². The normalized spacial score (nSPS) is 17.7. The second-order valence-corrected chi connectivity index (χ2v) is 9.18. The predicted molar refractivity (Wildman–Crippen MR) is 135 cm³/mol. The Morgan fingerprint density at radius 3 is 2.40 bits per heavy atom. The van der Waals surface area contributed by atoms with Crippen LogP contribution in [0.1, 0.15) is 54.9 Å². The van der Waals surface area contributed by atoms with Gasteiger partial charge in [-0.3, -0.25) is 4.79 Å². The molecular formula is C28H28N4O3. The number of rotatable bonds is 8. The lowest BCUT2D eigenvalue weighted by Crippen LogP contribution is -2.27. The summed E-state index contributed by atoms with van der Waals surface area (Å²) < 4.78 is 5.84. The Bertz CT molecular complexity index is 1320. The first kappa shape index (κ1) is 22.8. The van der Waals surface area contributed by atoms with E-state index in [1.807, 2.05) is 30.3 Å². The van der Waals surface area contributed by atoms with E-state index in [4.69, 9.17) is 4.74 Å². The molecule has 0 radical (unpaired) electrons. The van der Waals surface area contributed by atoms with E-state index in [-0.39, 0.29) is 17.6 Å². The van der Waals surface area contributed by atoms with Gasteiger partial charge in [-0.15, -0.1) is 0 Å². The molecule has 2 aromatic carbocycles. The number of carbonyl (C=O) groups excluding carboxylic acids is 2. The van der Waals surface area contributed by atoms with Gasteiger partial charge >= 0.3 is 0 Å². The molecule has 1 aliphatic carbocycles. The Balaban J connectivity index is 1.33. The number of ketones is 2. The van der Waals surface area contributed by atoms with Gasteiger partial charge < -0.3 is 19.8 Å². The maximum Gasteiger partial charge on any atom is 0.195 e. The summed E-state index contributed by atoms with van der Waals surface area (Å²) in [6.45, 7) is 1.66. The molecule has 1 aliphatic rings. The van der Waals surface area contributed by atoms with Crippen LogP contribution in [0.25, 0.3) is 11.0 Å². The van der Waals surface area contributed by atoms with Crippen molar-refractivity contribution in [3.8, 4) is 11.5 Å². The maximum absolute atomic E-state index is 13.4. The third-order valence-electron chi connectivity index (χ3n) is 6.57. The van der Waals surface area contributed by atoms with Crippen LogP contribution in [-0.4, -0.2) is 32.6 Å². The van der Waals surface area contributed by atoms with Crippen molar-refractivity contribution in [2.45, 2.75) is 45.1 Å². The number of hydrogen-bond donors (Lipinski definition) is 2. The fourth-order valence-electron chi connectivity index (χ4n) is 4.82. The fraction of sp³-hybridized carbons (Fsp3) is 0.286. The second kappa shape index (κ2) is 10.1. The summed E-state index contributed by atoms with van der Waals surface area (Å²) in [5.74, 6) is 2.69. The highest BCUT2D eigenvalue weighted by Gasteiger charge is 2.24. The first-order chi connectivity index (χ1) is 17.1. The third kappa shape index (κ3) is 5.24. The summed E-state index contributed by atoms with van der Waals surface area (Å²) in [5, 5.41) is 4.24. The van der Waals surface area contributed by atoms with Gasteiger partial charge in [-0.05, 0) is 74.9 Å². The number of anilines is 1. The van der Waals surface area contributed by atoms with Crippen LogP contribution in [0.4, 0.5) is 5.82 Å². The topological polar surface area (TPSA) is 97.0 Å². The molecule has 0 unspecified atom stereocenters. The van der Waals surface area contributed by atoms with Gasteiger partial charge in [0, 0.05) is 24.2 Å². The first-order valence-corrected chi connectivity index (χ1v) is 12.0. The van der Waals surface area contributed by atoms with E-state index in [0.717, 1.165) is 31.4 Å². The van der Waals surface area contributed by atoms with Crippen molar-refractivity contribution in [1.29, 1.82) is 0 Å². The van der Waals surface area contributed by atoms with Gasteiger partial charge in [0.15, 0.2) is 5.78 Å². The van der Waals surface area contributed by atoms with Crippen LogP contribution in [0, 0.1) is 5.92 Å². The zero-order valence-electron chi connectivity index (χ0n) is 19.7. The highest BCUT2D eigenvalue weighted by molar-refractivity contribution is 6.18. The smallest absolute Gasteiger partial charge is 0.195 e. The third-order valence-corrected chi connectivity index (χ3v) is 6.57. The van der Waals surface area contributed by atoms with E-state index in [9.17, 15) is 9.59 Å². The van der Waals surface area contributed by atoms with Crippen LogP contribution in [-0.2, 0) is 4.79 Å². The van der Waals surface area contributed by atoms with Crippen molar-refractivity contribution >= 4 is 28.4 Å². The molecule has 0 amide bonds. The fourth-order valence-corrected chi connectivity index (χ4v) is 4.82. The second-order valence-electron chi connectivity index (χ2n) is 9.18. The van der Waals surface area contributed by atoms with Gasteiger partial charge in [-0.2, -0.15) is 0 Å². The molecular weight excluding hydrogens is 440 g/mol. The van der Waals surface area contributed by atoms with Crippen LogP contribution >= 0.6 is 0 Å². The van der Waals surface area contributed by atoms with Crippen molar-refractivity contribution in [2.75, 3.05) is 5.32 Å². The lowest BCUT2D eigenvalue weighted by molar-refractivity contribution is -0.118. The number of aromatic nitrogens is 3. The highest BCUT2D eigenvalue weighted by atomic mass is 16.5. The van der Waals surface area contributed by atoms with Gasteiger partial charge in [-0.1, -0.05) is 18.2 Å². The summed E-state index contributed by atoms with van der Waals surface area (Å²) in [4.78, 5) is 36.8. The van der Waals surface area contributed by atoms with Crippen LogP contribution in [0.15, 0.2) is 67.1 Å². The van der Waals surface area contributed by atoms with Crippen molar-refractivity contribution in [2.24, 2.45) is 5.92 Å². The summed E-state index contributed by atoms with van der Waals surface area (Å²) in [7, 11) is 0. The summed E-state index contributed by atoms with van der Waals surface area (Å²) in [5.41, 5.74) is 1.72. The molecule has 4 aromatic rings. The average Bonchev–Trinajstić information content (AvgIpc) is 3.31. The van der Waals surface area contributed by atoms with E-state index in [0.29, 0.717) is 46.1 Å². The summed E-state index contributed by atoms with van der Waals surface area (Å²) in [6, 6.07) is 16.9. The molecule has 2 N–H and O–H groups in total. The molecule has 2 aromatic heterocycles. The number of para-hydroxylation sites is 1. The maximum atomic E-state index is 13.4. The number of ether oxygens (including phenoxy) is 1. The molecule has 1 fully saturated rings. The number of aromatic amines is 1. The highest BCUT2D eigenvalue weighted by Crippen LogP contribution is 2.32. The molecule has 0 spiro atoms. The van der Waals surface area contributed by atoms with Crippen LogP contribution in [0.3, 0.4) is 0 Å². The van der Waals surface area contributed by atoms with Crippen LogP contribution in [0.5, 0.6) is 11.5 Å². The number of H-pyrrole nitrogens is 1. The van der Waals surface area contributed by atoms with Crippen molar-refractivity contribution in [3.63, 3.8) is 0 Å². The number of benzene rings is 2. The van der Waals surface area contributed by atoms with Gasteiger partial charge in [0.1, 0.15) is 35.1 Å². The Labute approximate surface area is 204 Å². The Hall–Kier alpha value is -4.00. The molecule has 5 rings (SSSR count). The minimum absolute atomic E-state index is 0.106. The Morgan fingerprint density at radius 1 is 0.971 bits per heavy atom. The van der Waals surface area contributed by atoms with E-state index >= 15 is 0 Å².